The number of phenolic OH excluding ortho intramolecular Hbond substituents is 1. The quantitative estimate of drug-likeness (QED) is 0.590. The van der Waals surface area contributed by atoms with Gasteiger partial charge in [0.1, 0.15) is 5.75 Å². The number of aliphatic imine (C=N–C) groups is 2. The van der Waals surface area contributed by atoms with Crippen LogP contribution in [0.2, 0.25) is 0 Å². The van der Waals surface area contributed by atoms with Crippen LogP contribution in [0.5, 0.6) is 5.75 Å². The van der Waals surface area contributed by atoms with Crippen LogP contribution in [0.15, 0.2) is 87.3 Å². The molecule has 0 amide bonds. The van der Waals surface area contributed by atoms with Crippen LogP contribution in [0, 0.1) is 0 Å². The van der Waals surface area contributed by atoms with Crippen LogP contribution in [0.1, 0.15) is 17.5 Å². The van der Waals surface area contributed by atoms with E-state index in [4.69, 9.17) is 9.98 Å². The van der Waals surface area contributed by atoms with Crippen molar-refractivity contribution in [2.75, 3.05) is 0 Å². The Kier molecular flexibility index (Phi) is 4.20. The molecule has 1 aliphatic rings. The predicted octanol–water partition coefficient (Wildman–Crippen LogP) is 5.80. The second kappa shape index (κ2) is 6.65. The first-order valence-electron chi connectivity index (χ1n) is 7.99. The topological polar surface area (TPSA) is 45.0 Å². The summed E-state index contributed by atoms with van der Waals surface area (Å²) in [5, 5.41) is 10.3. The van der Waals surface area contributed by atoms with Crippen LogP contribution in [-0.4, -0.2) is 16.5 Å². The van der Waals surface area contributed by atoms with Gasteiger partial charge in [-0.2, -0.15) is 0 Å². The highest BCUT2D eigenvalue weighted by atomic mass is 79.9. The number of halogens is 1. The second-order valence-electron chi connectivity index (χ2n) is 5.81. The minimum Gasteiger partial charge on any atom is -0.507 e. The highest BCUT2D eigenvalue weighted by molar-refractivity contribution is 9.10. The molecule has 1 N–H and O–H groups in total. The smallest absolute Gasteiger partial charge is 0.124 e. The van der Waals surface area contributed by atoms with Gasteiger partial charge in [0.05, 0.1) is 22.8 Å². The van der Waals surface area contributed by atoms with Crippen molar-refractivity contribution in [1.29, 1.82) is 0 Å². The number of rotatable bonds is 2. The molecule has 0 aromatic heterocycles. The molecular weight excluding hydrogens is 376 g/mol. The molecule has 3 nitrogen and oxygen atoms in total. The molecule has 1 heterocycles. The van der Waals surface area contributed by atoms with Crippen molar-refractivity contribution in [3.8, 4) is 5.75 Å². The van der Waals surface area contributed by atoms with E-state index in [9.17, 15) is 5.11 Å². The molecule has 122 valence electrons. The summed E-state index contributed by atoms with van der Waals surface area (Å²) in [6.45, 7) is 0. The van der Waals surface area contributed by atoms with E-state index < -0.39 is 0 Å². The maximum absolute atomic E-state index is 10.3. The fraction of sp³-hybridized carbons (Fsp3) is 0.0476. The Bertz CT molecular complexity index is 991. The SMILES string of the molecule is Oc1ccccc1C1=Nc2ccccc2N=C(c2ccc(Br)cc2)C1. The van der Waals surface area contributed by atoms with Gasteiger partial charge < -0.3 is 5.11 Å². The summed E-state index contributed by atoms with van der Waals surface area (Å²) in [7, 11) is 0. The lowest BCUT2D eigenvalue weighted by atomic mass is 9.99. The molecule has 0 aliphatic carbocycles. The Morgan fingerprint density at radius 2 is 1.32 bits per heavy atom. The number of benzene rings is 3. The molecule has 0 bridgehead atoms. The first kappa shape index (κ1) is 15.8. The van der Waals surface area contributed by atoms with Gasteiger partial charge in [0, 0.05) is 16.5 Å². The number of hydrogen-bond donors (Lipinski definition) is 1. The fourth-order valence-corrected chi connectivity index (χ4v) is 3.13. The van der Waals surface area contributed by atoms with Crippen LogP contribution in [0.25, 0.3) is 0 Å². The fourth-order valence-electron chi connectivity index (χ4n) is 2.86. The molecule has 0 radical (unpaired) electrons. The van der Waals surface area contributed by atoms with Gasteiger partial charge in [-0.1, -0.05) is 52.3 Å². The summed E-state index contributed by atoms with van der Waals surface area (Å²) in [5.74, 6) is 0.232. The number of phenols is 1. The second-order valence-corrected chi connectivity index (χ2v) is 6.72. The highest BCUT2D eigenvalue weighted by Crippen LogP contribution is 2.34. The minimum atomic E-state index is 0.232. The Balaban J connectivity index is 1.88. The van der Waals surface area contributed by atoms with Crippen LogP contribution < -0.4 is 0 Å². The molecular formula is C21H15BrN2O. The maximum atomic E-state index is 10.3. The summed E-state index contributed by atoms with van der Waals surface area (Å²) < 4.78 is 1.03. The zero-order chi connectivity index (χ0) is 17.2. The van der Waals surface area contributed by atoms with Crippen molar-refractivity contribution in [2.45, 2.75) is 6.42 Å². The van der Waals surface area contributed by atoms with Gasteiger partial charge in [-0.3, -0.25) is 9.98 Å². The summed E-state index contributed by atoms with van der Waals surface area (Å²) in [6, 6.07) is 23.2. The third-order valence-corrected chi connectivity index (χ3v) is 4.65. The summed E-state index contributed by atoms with van der Waals surface area (Å²) in [4.78, 5) is 9.65. The van der Waals surface area contributed by atoms with E-state index >= 15 is 0 Å². The van der Waals surface area contributed by atoms with Crippen molar-refractivity contribution < 1.29 is 5.11 Å². The van der Waals surface area contributed by atoms with Crippen LogP contribution in [0.4, 0.5) is 11.4 Å². The number of hydrogen-bond acceptors (Lipinski definition) is 3. The molecule has 1 aliphatic heterocycles. The zero-order valence-corrected chi connectivity index (χ0v) is 14.9. The van der Waals surface area contributed by atoms with E-state index in [-0.39, 0.29) is 5.75 Å². The minimum absolute atomic E-state index is 0.232. The van der Waals surface area contributed by atoms with Gasteiger partial charge >= 0.3 is 0 Å². The molecule has 3 aromatic carbocycles. The molecule has 4 rings (SSSR count). The van der Waals surface area contributed by atoms with Crippen LogP contribution in [0.3, 0.4) is 0 Å². The molecule has 0 atom stereocenters. The average Bonchev–Trinajstić information content (AvgIpc) is 2.82. The molecule has 0 unspecified atom stereocenters. The van der Waals surface area contributed by atoms with Gasteiger partial charge in [0.2, 0.25) is 0 Å². The number of fused-ring (bicyclic) bond motifs is 1. The Morgan fingerprint density at radius 1 is 0.720 bits per heavy atom. The first-order valence-corrected chi connectivity index (χ1v) is 8.78. The first-order chi connectivity index (χ1) is 12.2. The van der Waals surface area contributed by atoms with Crippen molar-refractivity contribution in [1.82, 2.24) is 0 Å². The van der Waals surface area contributed by atoms with Gasteiger partial charge in [0.15, 0.2) is 0 Å². The Morgan fingerprint density at radius 3 is 2.00 bits per heavy atom. The molecule has 3 aromatic rings. The maximum Gasteiger partial charge on any atom is 0.124 e. The molecule has 0 saturated heterocycles. The van der Waals surface area contributed by atoms with Crippen molar-refractivity contribution in [2.24, 2.45) is 9.98 Å². The van der Waals surface area contributed by atoms with E-state index in [2.05, 4.69) is 15.9 Å². The van der Waals surface area contributed by atoms with Crippen LogP contribution in [-0.2, 0) is 0 Å². The molecule has 4 heteroatoms. The lowest BCUT2D eigenvalue weighted by molar-refractivity contribution is 0.474. The van der Waals surface area contributed by atoms with E-state index in [0.29, 0.717) is 6.42 Å². The lowest BCUT2D eigenvalue weighted by Gasteiger charge is -2.09. The van der Waals surface area contributed by atoms with E-state index in [1.54, 1.807) is 6.07 Å². The highest BCUT2D eigenvalue weighted by Gasteiger charge is 2.18. The normalized spacial score (nSPS) is 13.5. The molecule has 0 saturated carbocycles. The molecule has 0 spiro atoms. The lowest BCUT2D eigenvalue weighted by Crippen LogP contribution is -2.10. The number of para-hydroxylation sites is 3. The van der Waals surface area contributed by atoms with E-state index in [1.807, 2.05) is 66.7 Å². The Hall–Kier alpha value is -2.72. The van der Waals surface area contributed by atoms with Crippen molar-refractivity contribution in [3.63, 3.8) is 0 Å². The summed E-state index contributed by atoms with van der Waals surface area (Å²) in [5.41, 5.74) is 5.18. The summed E-state index contributed by atoms with van der Waals surface area (Å²) >= 11 is 3.47. The van der Waals surface area contributed by atoms with Crippen molar-refractivity contribution in [3.05, 3.63) is 88.4 Å². The third-order valence-electron chi connectivity index (χ3n) is 4.12. The van der Waals surface area contributed by atoms with Gasteiger partial charge in [0.25, 0.3) is 0 Å². The van der Waals surface area contributed by atoms with Gasteiger partial charge in [-0.25, -0.2) is 0 Å². The molecule has 25 heavy (non-hydrogen) atoms. The van der Waals surface area contributed by atoms with Gasteiger partial charge in [-0.05, 0) is 42.0 Å². The molecule has 0 fully saturated rings. The monoisotopic (exact) mass is 390 g/mol. The van der Waals surface area contributed by atoms with Crippen molar-refractivity contribution >= 4 is 38.7 Å². The zero-order valence-electron chi connectivity index (χ0n) is 13.4. The van der Waals surface area contributed by atoms with Crippen LogP contribution >= 0.6 is 15.9 Å². The van der Waals surface area contributed by atoms with E-state index in [0.717, 1.165) is 38.4 Å². The standard InChI is InChI=1S/C21H15BrN2O/c22-15-11-9-14(10-12-15)19-13-20(16-5-1-4-8-21(16)25)24-18-7-3-2-6-17(18)23-19/h1-12,25H,13H2. The number of nitrogens with zero attached hydrogens (tertiary/aromatic N) is 2. The van der Waals surface area contributed by atoms with E-state index in [1.165, 1.54) is 0 Å². The number of aromatic hydroxyl groups is 1. The third kappa shape index (κ3) is 3.26. The van der Waals surface area contributed by atoms with Gasteiger partial charge in [-0.15, -0.1) is 0 Å². The predicted molar refractivity (Wildman–Crippen MR) is 106 cm³/mol. The summed E-state index contributed by atoms with van der Waals surface area (Å²) in [6.07, 6.45) is 0.549. The average molecular weight is 391 g/mol. The Labute approximate surface area is 154 Å². The largest absolute Gasteiger partial charge is 0.507 e.